The number of rotatable bonds is 3. The SMILES string of the molecule is O=C(NCC1CCS(=O)(=O)CC1)c1nc2ccccc2c(=O)[nH]1. The molecule has 1 aromatic heterocycles. The molecule has 2 aromatic rings. The summed E-state index contributed by atoms with van der Waals surface area (Å²) in [6, 6.07) is 6.80. The molecule has 0 spiro atoms. The van der Waals surface area contributed by atoms with E-state index in [1.807, 2.05) is 0 Å². The van der Waals surface area contributed by atoms with Gasteiger partial charge in [0.05, 0.1) is 22.4 Å². The highest BCUT2D eigenvalue weighted by Crippen LogP contribution is 2.18. The molecule has 1 amide bonds. The molecule has 23 heavy (non-hydrogen) atoms. The number of nitrogens with zero attached hydrogens (tertiary/aromatic N) is 1. The van der Waals surface area contributed by atoms with Crippen LogP contribution in [0.2, 0.25) is 0 Å². The fraction of sp³-hybridized carbons (Fsp3) is 0.400. The molecule has 0 atom stereocenters. The lowest BCUT2D eigenvalue weighted by Crippen LogP contribution is -2.35. The Morgan fingerprint density at radius 3 is 2.70 bits per heavy atom. The zero-order chi connectivity index (χ0) is 16.4. The van der Waals surface area contributed by atoms with E-state index in [9.17, 15) is 18.0 Å². The van der Waals surface area contributed by atoms with Crippen LogP contribution in [0, 0.1) is 5.92 Å². The molecule has 122 valence electrons. The van der Waals surface area contributed by atoms with Crippen molar-refractivity contribution in [3.05, 3.63) is 40.4 Å². The summed E-state index contributed by atoms with van der Waals surface area (Å²) < 4.78 is 22.8. The molecular formula is C15H17N3O4S. The van der Waals surface area contributed by atoms with Crippen LogP contribution < -0.4 is 10.9 Å². The van der Waals surface area contributed by atoms with Crippen LogP contribution in [0.4, 0.5) is 0 Å². The molecule has 3 rings (SSSR count). The largest absolute Gasteiger partial charge is 0.349 e. The van der Waals surface area contributed by atoms with Crippen molar-refractivity contribution in [3.8, 4) is 0 Å². The van der Waals surface area contributed by atoms with Crippen molar-refractivity contribution in [1.29, 1.82) is 0 Å². The Morgan fingerprint density at radius 1 is 1.26 bits per heavy atom. The lowest BCUT2D eigenvalue weighted by atomic mass is 10.0. The third-order valence-corrected chi connectivity index (χ3v) is 5.77. The van der Waals surface area contributed by atoms with E-state index >= 15 is 0 Å². The Labute approximate surface area is 133 Å². The van der Waals surface area contributed by atoms with Crippen LogP contribution in [0.25, 0.3) is 10.9 Å². The minimum atomic E-state index is -2.91. The number of amides is 1. The van der Waals surface area contributed by atoms with Crippen molar-refractivity contribution < 1.29 is 13.2 Å². The van der Waals surface area contributed by atoms with E-state index in [1.165, 1.54) is 0 Å². The number of nitrogens with one attached hydrogen (secondary N) is 2. The van der Waals surface area contributed by atoms with E-state index < -0.39 is 15.7 Å². The number of aromatic amines is 1. The Balaban J connectivity index is 1.68. The average Bonchev–Trinajstić information content (AvgIpc) is 2.53. The first-order chi connectivity index (χ1) is 10.9. The quantitative estimate of drug-likeness (QED) is 0.848. The van der Waals surface area contributed by atoms with Gasteiger partial charge in [-0.25, -0.2) is 13.4 Å². The molecule has 1 aliphatic rings. The van der Waals surface area contributed by atoms with Gasteiger partial charge in [-0.05, 0) is 30.9 Å². The smallest absolute Gasteiger partial charge is 0.287 e. The minimum absolute atomic E-state index is 0.0304. The highest BCUT2D eigenvalue weighted by atomic mass is 32.2. The van der Waals surface area contributed by atoms with E-state index in [-0.39, 0.29) is 28.8 Å². The van der Waals surface area contributed by atoms with Crippen LogP contribution in [0.15, 0.2) is 29.1 Å². The van der Waals surface area contributed by atoms with E-state index in [0.29, 0.717) is 30.3 Å². The van der Waals surface area contributed by atoms with Gasteiger partial charge in [0, 0.05) is 6.54 Å². The zero-order valence-corrected chi connectivity index (χ0v) is 13.2. The summed E-state index contributed by atoms with van der Waals surface area (Å²) in [6.07, 6.45) is 1.09. The number of benzene rings is 1. The van der Waals surface area contributed by atoms with Crippen LogP contribution in [0.5, 0.6) is 0 Å². The van der Waals surface area contributed by atoms with Crippen molar-refractivity contribution >= 4 is 26.6 Å². The maximum absolute atomic E-state index is 12.1. The van der Waals surface area contributed by atoms with Gasteiger partial charge >= 0.3 is 0 Å². The number of H-pyrrole nitrogens is 1. The molecule has 0 bridgehead atoms. The molecule has 2 N–H and O–H groups in total. The van der Waals surface area contributed by atoms with Gasteiger partial charge in [-0.15, -0.1) is 0 Å². The second-order valence-corrected chi connectivity index (χ2v) is 8.04. The van der Waals surface area contributed by atoms with Gasteiger partial charge in [0.2, 0.25) is 0 Å². The predicted octanol–water partition coefficient (Wildman–Crippen LogP) is 0.478. The molecule has 2 heterocycles. The highest BCUT2D eigenvalue weighted by Gasteiger charge is 2.24. The molecule has 1 fully saturated rings. The second kappa shape index (κ2) is 6.11. The molecule has 0 aliphatic carbocycles. The van der Waals surface area contributed by atoms with Gasteiger partial charge in [0.25, 0.3) is 11.5 Å². The number of para-hydroxylation sites is 1. The van der Waals surface area contributed by atoms with Gasteiger partial charge in [0.1, 0.15) is 9.84 Å². The summed E-state index contributed by atoms with van der Waals surface area (Å²) in [5.41, 5.74) is 0.106. The van der Waals surface area contributed by atoms with Gasteiger partial charge in [-0.2, -0.15) is 0 Å². The number of carbonyl (C=O) groups excluding carboxylic acids is 1. The molecule has 1 aliphatic heterocycles. The maximum Gasteiger partial charge on any atom is 0.287 e. The van der Waals surface area contributed by atoms with E-state index in [1.54, 1.807) is 24.3 Å². The Bertz CT molecular complexity index is 890. The lowest BCUT2D eigenvalue weighted by molar-refractivity contribution is 0.0936. The first-order valence-corrected chi connectivity index (χ1v) is 9.24. The molecule has 0 saturated carbocycles. The maximum atomic E-state index is 12.1. The highest BCUT2D eigenvalue weighted by molar-refractivity contribution is 7.91. The molecule has 1 saturated heterocycles. The molecular weight excluding hydrogens is 318 g/mol. The summed E-state index contributed by atoms with van der Waals surface area (Å²) in [4.78, 5) is 30.7. The zero-order valence-electron chi connectivity index (χ0n) is 12.4. The van der Waals surface area contributed by atoms with Crippen molar-refractivity contribution in [2.24, 2.45) is 5.92 Å². The van der Waals surface area contributed by atoms with Gasteiger partial charge in [-0.1, -0.05) is 12.1 Å². The van der Waals surface area contributed by atoms with E-state index in [0.717, 1.165) is 0 Å². The molecule has 0 radical (unpaired) electrons. The van der Waals surface area contributed by atoms with Crippen molar-refractivity contribution in [3.63, 3.8) is 0 Å². The molecule has 0 unspecified atom stereocenters. The first kappa shape index (κ1) is 15.7. The summed E-state index contributed by atoms with van der Waals surface area (Å²) >= 11 is 0. The van der Waals surface area contributed by atoms with Gasteiger partial charge in [0.15, 0.2) is 5.82 Å². The van der Waals surface area contributed by atoms with Crippen molar-refractivity contribution in [2.75, 3.05) is 18.1 Å². The van der Waals surface area contributed by atoms with Crippen LogP contribution >= 0.6 is 0 Å². The van der Waals surface area contributed by atoms with Gasteiger partial charge in [-0.3, -0.25) is 9.59 Å². The Morgan fingerprint density at radius 2 is 1.96 bits per heavy atom. The topological polar surface area (TPSA) is 109 Å². The predicted molar refractivity (Wildman–Crippen MR) is 86.1 cm³/mol. The number of sulfone groups is 1. The third-order valence-electron chi connectivity index (χ3n) is 4.05. The summed E-state index contributed by atoms with van der Waals surface area (Å²) in [5, 5.41) is 3.15. The number of hydrogen-bond donors (Lipinski definition) is 2. The van der Waals surface area contributed by atoms with Crippen molar-refractivity contribution in [2.45, 2.75) is 12.8 Å². The Hall–Kier alpha value is -2.22. The first-order valence-electron chi connectivity index (χ1n) is 7.42. The molecule has 7 nitrogen and oxygen atoms in total. The number of carbonyl (C=O) groups is 1. The normalized spacial score (nSPS) is 17.9. The van der Waals surface area contributed by atoms with Crippen LogP contribution in [-0.2, 0) is 9.84 Å². The number of fused-ring (bicyclic) bond motifs is 1. The second-order valence-electron chi connectivity index (χ2n) is 5.74. The van der Waals surface area contributed by atoms with E-state index in [2.05, 4.69) is 15.3 Å². The minimum Gasteiger partial charge on any atom is -0.349 e. The van der Waals surface area contributed by atoms with E-state index in [4.69, 9.17) is 0 Å². The fourth-order valence-electron chi connectivity index (χ4n) is 2.66. The average molecular weight is 335 g/mol. The fourth-order valence-corrected chi connectivity index (χ4v) is 4.25. The lowest BCUT2D eigenvalue weighted by Gasteiger charge is -2.21. The number of hydrogen-bond acceptors (Lipinski definition) is 5. The van der Waals surface area contributed by atoms with Gasteiger partial charge < -0.3 is 10.3 Å². The van der Waals surface area contributed by atoms with Crippen LogP contribution in [0.1, 0.15) is 23.5 Å². The monoisotopic (exact) mass is 335 g/mol. The standard InChI is InChI=1S/C15H17N3O4S/c19-14-11-3-1-2-4-12(11)17-13(18-14)15(20)16-9-10-5-7-23(21,22)8-6-10/h1-4,10H,5-9H2,(H,16,20)(H,17,18,19). The van der Waals surface area contributed by atoms with Crippen LogP contribution in [0.3, 0.4) is 0 Å². The third kappa shape index (κ3) is 3.58. The summed E-state index contributed by atoms with van der Waals surface area (Å²) in [7, 11) is -2.91. The molecule has 8 heteroatoms. The molecule has 1 aromatic carbocycles. The summed E-state index contributed by atoms with van der Waals surface area (Å²) in [5.74, 6) is -0.0231. The van der Waals surface area contributed by atoms with Crippen molar-refractivity contribution in [1.82, 2.24) is 15.3 Å². The van der Waals surface area contributed by atoms with Crippen LogP contribution in [-0.4, -0.2) is 42.3 Å². The number of aromatic nitrogens is 2. The Kier molecular flexibility index (Phi) is 4.16. The summed E-state index contributed by atoms with van der Waals surface area (Å²) in [6.45, 7) is 0.380.